The van der Waals surface area contributed by atoms with Gasteiger partial charge in [0.1, 0.15) is 12.4 Å². The van der Waals surface area contributed by atoms with Gasteiger partial charge in [-0.15, -0.1) is 0 Å². The largest absolute Gasteiger partial charge is 0.492 e. The van der Waals surface area contributed by atoms with Crippen molar-refractivity contribution in [1.82, 2.24) is 4.90 Å². The molecule has 1 aromatic carbocycles. The zero-order chi connectivity index (χ0) is 13.5. The van der Waals surface area contributed by atoms with Gasteiger partial charge in [0.15, 0.2) is 0 Å². The number of likely N-dealkylation sites (tertiary alicyclic amines) is 1. The first-order valence-electron chi connectivity index (χ1n) is 6.77. The van der Waals surface area contributed by atoms with Crippen LogP contribution in [0.2, 0.25) is 0 Å². The summed E-state index contributed by atoms with van der Waals surface area (Å²) in [6, 6.07) is 7.86. The lowest BCUT2D eigenvalue weighted by atomic mass is 9.95. The molecule has 2 heterocycles. The Morgan fingerprint density at radius 1 is 1.47 bits per heavy atom. The van der Waals surface area contributed by atoms with Gasteiger partial charge in [-0.2, -0.15) is 0 Å². The van der Waals surface area contributed by atoms with Crippen LogP contribution in [0.1, 0.15) is 18.9 Å². The molecule has 3 rings (SSSR count). The molecule has 2 aliphatic rings. The van der Waals surface area contributed by atoms with Crippen LogP contribution in [-0.4, -0.2) is 41.2 Å². The Bertz CT molecular complexity index is 498. The number of carbonyl (C=O) groups excluding carboxylic acids is 1. The molecule has 2 unspecified atom stereocenters. The van der Waals surface area contributed by atoms with E-state index in [9.17, 15) is 9.90 Å². The molecule has 1 amide bonds. The number of benzene rings is 1. The molecule has 0 radical (unpaired) electrons. The summed E-state index contributed by atoms with van der Waals surface area (Å²) in [5.41, 5.74) is 0.362. The van der Waals surface area contributed by atoms with E-state index in [2.05, 4.69) is 0 Å². The van der Waals surface area contributed by atoms with E-state index in [-0.39, 0.29) is 11.8 Å². The molecule has 2 atom stereocenters. The Balaban J connectivity index is 1.70. The van der Waals surface area contributed by atoms with Crippen molar-refractivity contribution in [3.63, 3.8) is 0 Å². The monoisotopic (exact) mass is 261 g/mol. The van der Waals surface area contributed by atoms with Crippen molar-refractivity contribution in [3.8, 4) is 5.75 Å². The molecule has 4 nitrogen and oxygen atoms in total. The maximum atomic E-state index is 12.4. The fourth-order valence-electron chi connectivity index (χ4n) is 2.88. The molecule has 1 aromatic rings. The van der Waals surface area contributed by atoms with Crippen LogP contribution < -0.4 is 4.74 Å². The molecule has 1 N–H and O–H groups in total. The van der Waals surface area contributed by atoms with Crippen molar-refractivity contribution in [3.05, 3.63) is 29.8 Å². The number of para-hydroxylation sites is 1. The second-order valence-electron chi connectivity index (χ2n) is 5.83. The minimum absolute atomic E-state index is 0.104. The van der Waals surface area contributed by atoms with Crippen molar-refractivity contribution in [1.29, 1.82) is 0 Å². The predicted molar refractivity (Wildman–Crippen MR) is 71.0 cm³/mol. The quantitative estimate of drug-likeness (QED) is 0.827. The number of hydrogen-bond acceptors (Lipinski definition) is 3. The van der Waals surface area contributed by atoms with Gasteiger partial charge in [0.2, 0.25) is 5.91 Å². The van der Waals surface area contributed by atoms with Gasteiger partial charge in [-0.25, -0.2) is 0 Å². The van der Waals surface area contributed by atoms with Gasteiger partial charge >= 0.3 is 0 Å². The highest BCUT2D eigenvalue weighted by Gasteiger charge is 2.37. The number of nitrogens with zero attached hydrogens (tertiary/aromatic N) is 1. The third kappa shape index (κ3) is 2.45. The van der Waals surface area contributed by atoms with Gasteiger partial charge < -0.3 is 14.7 Å². The minimum Gasteiger partial charge on any atom is -0.492 e. The summed E-state index contributed by atoms with van der Waals surface area (Å²) in [6.45, 7) is 3.30. The van der Waals surface area contributed by atoms with Crippen LogP contribution in [0.3, 0.4) is 0 Å². The molecule has 0 aliphatic carbocycles. The van der Waals surface area contributed by atoms with E-state index in [1.54, 1.807) is 11.8 Å². The van der Waals surface area contributed by atoms with Gasteiger partial charge in [0.25, 0.3) is 0 Å². The first-order chi connectivity index (χ1) is 9.05. The molecule has 4 heteroatoms. The summed E-state index contributed by atoms with van der Waals surface area (Å²) < 4.78 is 5.66. The average Bonchev–Trinajstić information content (AvgIpc) is 2.78. The van der Waals surface area contributed by atoms with E-state index in [1.807, 2.05) is 24.3 Å². The summed E-state index contributed by atoms with van der Waals surface area (Å²) in [5.74, 6) is 0.871. The van der Waals surface area contributed by atoms with Gasteiger partial charge in [0, 0.05) is 13.1 Å². The van der Waals surface area contributed by atoms with Crippen molar-refractivity contribution in [2.75, 3.05) is 19.7 Å². The lowest BCUT2D eigenvalue weighted by molar-refractivity contribution is -0.136. The number of amides is 1. The average molecular weight is 261 g/mol. The zero-order valence-electron chi connectivity index (χ0n) is 11.1. The number of carbonyl (C=O) groups is 1. The molecule has 1 fully saturated rings. The number of hydrogen-bond donors (Lipinski definition) is 1. The molecular weight excluding hydrogens is 242 g/mol. The van der Waals surface area contributed by atoms with Crippen LogP contribution in [0, 0.1) is 5.92 Å². The Morgan fingerprint density at radius 3 is 3.00 bits per heavy atom. The topological polar surface area (TPSA) is 49.8 Å². The highest BCUT2D eigenvalue weighted by Crippen LogP contribution is 2.29. The van der Waals surface area contributed by atoms with Crippen molar-refractivity contribution >= 4 is 5.91 Å². The first-order valence-corrected chi connectivity index (χ1v) is 6.77. The van der Waals surface area contributed by atoms with Crippen molar-refractivity contribution in [2.24, 2.45) is 5.92 Å². The molecular formula is C15H19NO3. The SMILES string of the molecule is CC1(O)CCN(C(=O)C2COc3ccccc3C2)C1. The molecule has 1 saturated heterocycles. The second kappa shape index (κ2) is 4.53. The smallest absolute Gasteiger partial charge is 0.229 e. The van der Waals surface area contributed by atoms with Crippen LogP contribution in [0.4, 0.5) is 0 Å². The Morgan fingerprint density at radius 2 is 2.26 bits per heavy atom. The van der Waals surface area contributed by atoms with Crippen LogP contribution in [0.15, 0.2) is 24.3 Å². The summed E-state index contributed by atoms with van der Waals surface area (Å²) >= 11 is 0. The normalized spacial score (nSPS) is 29.8. The highest BCUT2D eigenvalue weighted by molar-refractivity contribution is 5.80. The number of aliphatic hydroxyl groups is 1. The van der Waals surface area contributed by atoms with Crippen molar-refractivity contribution in [2.45, 2.75) is 25.4 Å². The maximum Gasteiger partial charge on any atom is 0.229 e. The van der Waals surface area contributed by atoms with Crippen molar-refractivity contribution < 1.29 is 14.6 Å². The van der Waals surface area contributed by atoms with Gasteiger partial charge in [-0.3, -0.25) is 4.79 Å². The standard InChI is InChI=1S/C15H19NO3/c1-15(18)6-7-16(10-15)14(17)12-8-11-4-2-3-5-13(11)19-9-12/h2-5,12,18H,6-10H2,1H3. The van der Waals surface area contributed by atoms with E-state index >= 15 is 0 Å². The maximum absolute atomic E-state index is 12.4. The minimum atomic E-state index is -0.733. The zero-order valence-corrected chi connectivity index (χ0v) is 11.1. The number of β-amino-alcohol motifs (C(OH)–C–C–N with tert-alkyl or cyclic N) is 1. The van der Waals surface area contributed by atoms with E-state index < -0.39 is 5.60 Å². The molecule has 0 bridgehead atoms. The molecule has 102 valence electrons. The molecule has 0 aromatic heterocycles. The van der Waals surface area contributed by atoms with Crippen LogP contribution in [0.25, 0.3) is 0 Å². The summed E-state index contributed by atoms with van der Waals surface area (Å²) in [4.78, 5) is 14.2. The molecule has 0 spiro atoms. The highest BCUT2D eigenvalue weighted by atomic mass is 16.5. The third-order valence-corrected chi connectivity index (χ3v) is 3.99. The lowest BCUT2D eigenvalue weighted by Gasteiger charge is -2.28. The molecule has 0 saturated carbocycles. The van der Waals surface area contributed by atoms with E-state index in [0.717, 1.165) is 17.7 Å². The Labute approximate surface area is 113 Å². The third-order valence-electron chi connectivity index (χ3n) is 3.99. The van der Waals surface area contributed by atoms with E-state index in [4.69, 9.17) is 4.74 Å². The second-order valence-corrected chi connectivity index (χ2v) is 5.83. The van der Waals surface area contributed by atoms with Gasteiger partial charge in [0.05, 0.1) is 11.5 Å². The fraction of sp³-hybridized carbons (Fsp3) is 0.533. The molecule has 19 heavy (non-hydrogen) atoms. The Kier molecular flexibility index (Phi) is 2.97. The van der Waals surface area contributed by atoms with Gasteiger partial charge in [-0.1, -0.05) is 18.2 Å². The Hall–Kier alpha value is -1.55. The van der Waals surface area contributed by atoms with Crippen LogP contribution >= 0.6 is 0 Å². The van der Waals surface area contributed by atoms with E-state index in [0.29, 0.717) is 26.1 Å². The number of fused-ring (bicyclic) bond motifs is 1. The number of ether oxygens (including phenoxy) is 1. The fourth-order valence-corrected chi connectivity index (χ4v) is 2.88. The first kappa shape index (κ1) is 12.5. The van der Waals surface area contributed by atoms with Crippen LogP contribution in [0.5, 0.6) is 5.75 Å². The summed E-state index contributed by atoms with van der Waals surface area (Å²) in [6.07, 6.45) is 1.39. The lowest BCUT2D eigenvalue weighted by Crippen LogP contribution is -2.41. The summed E-state index contributed by atoms with van der Waals surface area (Å²) in [5, 5.41) is 9.94. The predicted octanol–water partition coefficient (Wildman–Crippen LogP) is 1.22. The van der Waals surface area contributed by atoms with Crippen LogP contribution in [-0.2, 0) is 11.2 Å². The molecule has 2 aliphatic heterocycles. The summed E-state index contributed by atoms with van der Waals surface area (Å²) in [7, 11) is 0. The van der Waals surface area contributed by atoms with Gasteiger partial charge in [-0.05, 0) is 31.4 Å². The number of rotatable bonds is 1. The van der Waals surface area contributed by atoms with E-state index in [1.165, 1.54) is 0 Å².